The Bertz CT molecular complexity index is 481. The standard InChI is InChI=1S/C10H17N3O2S2/c1-7(2)9-12-10(16-13-9)11-8-4-3-5-17(14,15)6-8/h7-8H,3-6H2,1-2H3,(H,11,12,13). The lowest BCUT2D eigenvalue weighted by atomic mass is 10.2. The molecule has 0 spiro atoms. The maximum atomic E-state index is 11.5. The maximum Gasteiger partial charge on any atom is 0.202 e. The summed E-state index contributed by atoms with van der Waals surface area (Å²) in [5.74, 6) is 1.65. The first-order valence-corrected chi connectivity index (χ1v) is 8.36. The molecule has 2 rings (SSSR count). The number of nitrogens with one attached hydrogen (secondary N) is 1. The van der Waals surface area contributed by atoms with Gasteiger partial charge in [-0.1, -0.05) is 13.8 Å². The van der Waals surface area contributed by atoms with E-state index in [-0.39, 0.29) is 11.8 Å². The Morgan fingerprint density at radius 3 is 2.82 bits per heavy atom. The van der Waals surface area contributed by atoms with Crippen LogP contribution < -0.4 is 5.32 Å². The highest BCUT2D eigenvalue weighted by Crippen LogP contribution is 2.21. The summed E-state index contributed by atoms with van der Waals surface area (Å²) in [6, 6.07) is -0.0123. The van der Waals surface area contributed by atoms with Gasteiger partial charge in [-0.05, 0) is 12.8 Å². The minimum atomic E-state index is -2.87. The van der Waals surface area contributed by atoms with Crippen molar-refractivity contribution in [3.63, 3.8) is 0 Å². The highest BCUT2D eigenvalue weighted by atomic mass is 32.2. The summed E-state index contributed by atoms with van der Waals surface area (Å²) in [5.41, 5.74) is 0. The van der Waals surface area contributed by atoms with Gasteiger partial charge in [0.2, 0.25) is 5.13 Å². The Balaban J connectivity index is 2.00. The fraction of sp³-hybridized carbons (Fsp3) is 0.800. The second-order valence-corrected chi connectivity index (χ2v) is 7.69. The predicted molar refractivity (Wildman–Crippen MR) is 69.3 cm³/mol. The van der Waals surface area contributed by atoms with Gasteiger partial charge >= 0.3 is 0 Å². The minimum absolute atomic E-state index is 0.0123. The predicted octanol–water partition coefficient (Wildman–Crippen LogP) is 1.65. The number of anilines is 1. The van der Waals surface area contributed by atoms with Crippen molar-refractivity contribution in [3.05, 3.63) is 5.82 Å². The van der Waals surface area contributed by atoms with Crippen LogP contribution in [-0.4, -0.2) is 35.3 Å². The van der Waals surface area contributed by atoms with Crippen LogP contribution in [0.5, 0.6) is 0 Å². The van der Waals surface area contributed by atoms with Gasteiger partial charge in [0.1, 0.15) is 5.82 Å². The summed E-state index contributed by atoms with van der Waals surface area (Å²) in [7, 11) is -2.87. The van der Waals surface area contributed by atoms with Gasteiger partial charge in [-0.25, -0.2) is 13.4 Å². The van der Waals surface area contributed by atoms with E-state index in [1.807, 2.05) is 13.8 Å². The molecule has 2 heterocycles. The number of hydrogen-bond acceptors (Lipinski definition) is 6. The van der Waals surface area contributed by atoms with Gasteiger partial charge in [0, 0.05) is 23.5 Å². The molecule has 1 N–H and O–H groups in total. The largest absolute Gasteiger partial charge is 0.357 e. The summed E-state index contributed by atoms with van der Waals surface area (Å²) in [4.78, 5) is 4.35. The fourth-order valence-corrected chi connectivity index (χ4v) is 4.26. The SMILES string of the molecule is CC(C)c1nsc(NC2CCCS(=O)(=O)C2)n1. The van der Waals surface area contributed by atoms with Gasteiger partial charge in [-0.15, -0.1) is 0 Å². The van der Waals surface area contributed by atoms with Crippen molar-refractivity contribution in [3.8, 4) is 0 Å². The highest BCUT2D eigenvalue weighted by molar-refractivity contribution is 7.91. The lowest BCUT2D eigenvalue weighted by molar-refractivity contribution is 0.562. The lowest BCUT2D eigenvalue weighted by Crippen LogP contribution is -2.34. The van der Waals surface area contributed by atoms with Crippen LogP contribution in [0.25, 0.3) is 0 Å². The lowest BCUT2D eigenvalue weighted by Gasteiger charge is -2.22. The van der Waals surface area contributed by atoms with E-state index in [0.717, 1.165) is 23.8 Å². The first kappa shape index (κ1) is 12.8. The van der Waals surface area contributed by atoms with E-state index in [1.54, 1.807) is 0 Å². The molecule has 1 aliphatic rings. The molecule has 1 unspecified atom stereocenters. The summed E-state index contributed by atoms with van der Waals surface area (Å²) < 4.78 is 27.2. The number of rotatable bonds is 3. The van der Waals surface area contributed by atoms with E-state index < -0.39 is 9.84 Å². The molecule has 1 saturated heterocycles. The molecule has 0 amide bonds. The number of aromatic nitrogens is 2. The first-order valence-electron chi connectivity index (χ1n) is 5.77. The summed E-state index contributed by atoms with van der Waals surface area (Å²) >= 11 is 1.30. The maximum absolute atomic E-state index is 11.5. The quantitative estimate of drug-likeness (QED) is 0.908. The summed E-state index contributed by atoms with van der Waals surface area (Å²) in [6.45, 7) is 4.08. The molecule has 0 radical (unpaired) electrons. The van der Waals surface area contributed by atoms with Crippen molar-refractivity contribution in [1.29, 1.82) is 0 Å². The molecule has 1 aromatic rings. The molecule has 96 valence electrons. The van der Waals surface area contributed by atoms with E-state index in [2.05, 4.69) is 14.7 Å². The highest BCUT2D eigenvalue weighted by Gasteiger charge is 2.25. The second kappa shape index (κ2) is 4.89. The monoisotopic (exact) mass is 275 g/mol. The van der Waals surface area contributed by atoms with E-state index in [9.17, 15) is 8.42 Å². The van der Waals surface area contributed by atoms with Crippen LogP contribution in [0.3, 0.4) is 0 Å². The van der Waals surface area contributed by atoms with Gasteiger partial charge in [-0.2, -0.15) is 4.37 Å². The number of hydrogen-bond donors (Lipinski definition) is 1. The topological polar surface area (TPSA) is 72.0 Å². The number of sulfone groups is 1. The van der Waals surface area contributed by atoms with E-state index in [0.29, 0.717) is 11.7 Å². The van der Waals surface area contributed by atoms with E-state index >= 15 is 0 Å². The van der Waals surface area contributed by atoms with Gasteiger partial charge in [0.15, 0.2) is 9.84 Å². The summed E-state index contributed by atoms with van der Waals surface area (Å²) in [6.07, 6.45) is 1.62. The van der Waals surface area contributed by atoms with Crippen LogP contribution in [0, 0.1) is 0 Å². The third kappa shape index (κ3) is 3.38. The zero-order valence-corrected chi connectivity index (χ0v) is 11.6. The molecule has 7 heteroatoms. The second-order valence-electron chi connectivity index (χ2n) is 4.71. The zero-order chi connectivity index (χ0) is 12.5. The van der Waals surface area contributed by atoms with Gasteiger partial charge in [-0.3, -0.25) is 0 Å². The van der Waals surface area contributed by atoms with Gasteiger partial charge in [0.25, 0.3) is 0 Å². The Kier molecular flexibility index (Phi) is 3.67. The van der Waals surface area contributed by atoms with E-state index in [1.165, 1.54) is 11.5 Å². The molecule has 17 heavy (non-hydrogen) atoms. The summed E-state index contributed by atoms with van der Waals surface area (Å²) in [5, 5.41) is 3.91. The van der Waals surface area contributed by atoms with Crippen molar-refractivity contribution in [2.24, 2.45) is 0 Å². The van der Waals surface area contributed by atoms with Crippen molar-refractivity contribution >= 4 is 26.5 Å². The Morgan fingerprint density at radius 1 is 1.47 bits per heavy atom. The van der Waals surface area contributed by atoms with Crippen LogP contribution in [0.1, 0.15) is 38.4 Å². The van der Waals surface area contributed by atoms with E-state index in [4.69, 9.17) is 0 Å². The Labute approximate surface area is 106 Å². The third-order valence-electron chi connectivity index (χ3n) is 2.75. The molecule has 0 saturated carbocycles. The molecule has 1 fully saturated rings. The molecular weight excluding hydrogens is 258 g/mol. The molecular formula is C10H17N3O2S2. The van der Waals surface area contributed by atoms with Gasteiger partial charge < -0.3 is 5.32 Å². The van der Waals surface area contributed by atoms with Gasteiger partial charge in [0.05, 0.1) is 11.5 Å². The molecule has 1 aliphatic heterocycles. The molecule has 5 nitrogen and oxygen atoms in total. The van der Waals surface area contributed by atoms with Crippen LogP contribution in [-0.2, 0) is 9.84 Å². The smallest absolute Gasteiger partial charge is 0.202 e. The third-order valence-corrected chi connectivity index (χ3v) is 5.23. The fourth-order valence-electron chi connectivity index (χ4n) is 1.84. The Morgan fingerprint density at radius 2 is 2.24 bits per heavy atom. The van der Waals surface area contributed by atoms with Crippen molar-refractivity contribution in [2.45, 2.75) is 38.6 Å². The average Bonchev–Trinajstić information content (AvgIpc) is 2.64. The Hall–Kier alpha value is -0.690. The van der Waals surface area contributed by atoms with Crippen LogP contribution in [0.4, 0.5) is 5.13 Å². The normalized spacial score (nSPS) is 23.8. The molecule has 0 bridgehead atoms. The minimum Gasteiger partial charge on any atom is -0.357 e. The molecule has 0 aliphatic carbocycles. The van der Waals surface area contributed by atoms with Crippen LogP contribution in [0.2, 0.25) is 0 Å². The van der Waals surface area contributed by atoms with Crippen LogP contribution in [0.15, 0.2) is 0 Å². The van der Waals surface area contributed by atoms with Crippen molar-refractivity contribution < 1.29 is 8.42 Å². The van der Waals surface area contributed by atoms with Crippen molar-refractivity contribution in [1.82, 2.24) is 9.36 Å². The first-order chi connectivity index (χ1) is 7.96. The molecule has 0 aromatic carbocycles. The molecule has 1 aromatic heterocycles. The van der Waals surface area contributed by atoms with Crippen molar-refractivity contribution in [2.75, 3.05) is 16.8 Å². The molecule has 1 atom stereocenters. The van der Waals surface area contributed by atoms with Crippen LogP contribution >= 0.6 is 11.5 Å². The zero-order valence-electron chi connectivity index (χ0n) is 10.0. The number of nitrogens with zero attached hydrogens (tertiary/aromatic N) is 2. The average molecular weight is 275 g/mol.